The molecule has 0 aliphatic rings. The summed E-state index contributed by atoms with van der Waals surface area (Å²) in [6.45, 7) is 12.3. The van der Waals surface area contributed by atoms with Gasteiger partial charge in [0.15, 0.2) is 15.9 Å². The summed E-state index contributed by atoms with van der Waals surface area (Å²) in [5, 5.41) is 9.64. The summed E-state index contributed by atoms with van der Waals surface area (Å²) in [4.78, 5) is 11.8. The molecule has 0 aromatic heterocycles. The van der Waals surface area contributed by atoms with Crippen LogP contribution in [0.1, 0.15) is 47.1 Å². The molecule has 0 spiro atoms. The Morgan fingerprint density at radius 3 is 1.85 bits per heavy atom. The van der Waals surface area contributed by atoms with Crippen molar-refractivity contribution in [2.75, 3.05) is 5.75 Å². The number of hydrogen-bond donors (Lipinski definition) is 1. The van der Waals surface area contributed by atoms with Gasteiger partial charge in [-0.15, -0.1) is 0 Å². The zero-order valence-corrected chi connectivity index (χ0v) is 18.4. The van der Waals surface area contributed by atoms with Gasteiger partial charge >= 0.3 is 5.97 Å². The van der Waals surface area contributed by atoms with E-state index in [1.807, 2.05) is 47.6 Å². The Hall–Kier alpha value is -1.18. The van der Waals surface area contributed by atoms with E-state index in [1.54, 1.807) is 24.3 Å². The zero-order chi connectivity index (χ0) is 20.1. The van der Waals surface area contributed by atoms with E-state index >= 15 is 0 Å². The summed E-state index contributed by atoms with van der Waals surface area (Å²) in [6.07, 6.45) is -1.33. The lowest BCUT2D eigenvalue weighted by molar-refractivity contribution is -0.144. The van der Waals surface area contributed by atoms with Gasteiger partial charge in [0.2, 0.25) is 8.32 Å². The first kappa shape index (κ1) is 22.9. The minimum atomic E-state index is -3.61. The Kier molecular flexibility index (Phi) is 8.04. The second-order valence-electron chi connectivity index (χ2n) is 7.80. The SMILES string of the molecule is CC(C)[Si](OC(CS(=O)(=O)Cc1ccccc1)C(=O)O)(C(C)C)C(C)C. The van der Waals surface area contributed by atoms with E-state index in [-0.39, 0.29) is 22.4 Å². The van der Waals surface area contributed by atoms with Crippen LogP contribution < -0.4 is 0 Å². The van der Waals surface area contributed by atoms with Crippen LogP contribution in [0.15, 0.2) is 30.3 Å². The van der Waals surface area contributed by atoms with Crippen LogP contribution in [0.2, 0.25) is 16.6 Å². The Balaban J connectivity index is 3.10. The fourth-order valence-electron chi connectivity index (χ4n) is 3.93. The van der Waals surface area contributed by atoms with Crippen LogP contribution in [0.25, 0.3) is 0 Å². The second-order valence-corrected chi connectivity index (χ2v) is 15.3. The first-order valence-electron chi connectivity index (χ1n) is 9.07. The van der Waals surface area contributed by atoms with Crippen molar-refractivity contribution in [2.24, 2.45) is 0 Å². The van der Waals surface area contributed by atoms with Crippen LogP contribution in [-0.4, -0.2) is 39.7 Å². The van der Waals surface area contributed by atoms with Gasteiger partial charge in [0, 0.05) is 0 Å². The third kappa shape index (κ3) is 5.66. The maximum absolute atomic E-state index is 12.6. The Bertz CT molecular complexity index is 661. The van der Waals surface area contributed by atoms with Gasteiger partial charge in [0.05, 0.1) is 11.5 Å². The lowest BCUT2D eigenvalue weighted by Crippen LogP contribution is -2.53. The van der Waals surface area contributed by atoms with E-state index in [1.165, 1.54) is 0 Å². The summed E-state index contributed by atoms with van der Waals surface area (Å²) >= 11 is 0. The molecular formula is C19H32O5SSi. The molecule has 1 aromatic carbocycles. The standard InChI is InChI=1S/C19H32O5SSi/c1-14(2)26(15(3)4,16(5)6)24-18(19(20)21)13-25(22,23)12-17-10-8-7-9-11-17/h7-11,14-16,18H,12-13H2,1-6H3,(H,20,21). The molecule has 1 unspecified atom stereocenters. The average Bonchev–Trinajstić information content (AvgIpc) is 2.50. The summed E-state index contributed by atoms with van der Waals surface area (Å²) in [5.41, 5.74) is 1.19. The van der Waals surface area contributed by atoms with E-state index in [4.69, 9.17) is 4.43 Å². The number of hydrogen-bond acceptors (Lipinski definition) is 4. The average molecular weight is 401 g/mol. The molecule has 1 rings (SSSR count). The lowest BCUT2D eigenvalue weighted by Gasteiger charge is -2.43. The van der Waals surface area contributed by atoms with Crippen molar-refractivity contribution in [2.45, 2.75) is 70.0 Å². The van der Waals surface area contributed by atoms with Gasteiger partial charge in [-0.25, -0.2) is 13.2 Å². The van der Waals surface area contributed by atoms with E-state index in [0.29, 0.717) is 5.56 Å². The predicted molar refractivity (Wildman–Crippen MR) is 107 cm³/mol. The van der Waals surface area contributed by atoms with E-state index in [0.717, 1.165) is 0 Å². The highest BCUT2D eigenvalue weighted by Crippen LogP contribution is 2.43. The van der Waals surface area contributed by atoms with Crippen LogP contribution in [0.5, 0.6) is 0 Å². The molecule has 1 aromatic rings. The Morgan fingerprint density at radius 2 is 1.46 bits per heavy atom. The van der Waals surface area contributed by atoms with Crippen molar-refractivity contribution >= 4 is 24.1 Å². The van der Waals surface area contributed by atoms with Gasteiger partial charge in [-0.1, -0.05) is 71.9 Å². The van der Waals surface area contributed by atoms with Crippen molar-refractivity contribution in [1.29, 1.82) is 0 Å². The molecule has 0 aliphatic carbocycles. The largest absolute Gasteiger partial charge is 0.479 e. The van der Waals surface area contributed by atoms with Crippen LogP contribution in [-0.2, 0) is 24.8 Å². The fraction of sp³-hybridized carbons (Fsp3) is 0.632. The highest BCUT2D eigenvalue weighted by molar-refractivity contribution is 7.90. The Morgan fingerprint density at radius 1 is 1.00 bits per heavy atom. The van der Waals surface area contributed by atoms with Crippen LogP contribution >= 0.6 is 0 Å². The van der Waals surface area contributed by atoms with Crippen molar-refractivity contribution < 1.29 is 22.7 Å². The molecule has 26 heavy (non-hydrogen) atoms. The van der Waals surface area contributed by atoms with Crippen molar-refractivity contribution in [1.82, 2.24) is 0 Å². The molecule has 7 heteroatoms. The topological polar surface area (TPSA) is 80.7 Å². The molecule has 0 heterocycles. The third-order valence-corrected chi connectivity index (χ3v) is 12.7. The molecule has 0 saturated carbocycles. The highest BCUT2D eigenvalue weighted by Gasteiger charge is 2.48. The van der Waals surface area contributed by atoms with Crippen LogP contribution in [0.3, 0.4) is 0 Å². The first-order chi connectivity index (χ1) is 11.9. The van der Waals surface area contributed by atoms with Gasteiger partial charge in [-0.3, -0.25) is 0 Å². The predicted octanol–water partition coefficient (Wildman–Crippen LogP) is 4.25. The second kappa shape index (κ2) is 9.15. The molecular weight excluding hydrogens is 368 g/mol. The quantitative estimate of drug-likeness (QED) is 0.594. The van der Waals surface area contributed by atoms with Crippen LogP contribution in [0, 0.1) is 0 Å². The van der Waals surface area contributed by atoms with Crippen LogP contribution in [0.4, 0.5) is 0 Å². The minimum absolute atomic E-state index is 0.180. The highest BCUT2D eigenvalue weighted by atomic mass is 32.2. The molecule has 0 radical (unpaired) electrons. The monoisotopic (exact) mass is 400 g/mol. The van der Waals surface area contributed by atoms with Gasteiger partial charge in [-0.2, -0.15) is 0 Å². The summed E-state index contributed by atoms with van der Waals surface area (Å²) in [7, 11) is -6.10. The number of carboxylic acids is 1. The van der Waals surface area contributed by atoms with Gasteiger partial charge in [0.25, 0.3) is 0 Å². The summed E-state index contributed by atoms with van der Waals surface area (Å²) in [6, 6.07) is 8.80. The molecule has 1 N–H and O–H groups in total. The molecule has 0 saturated heterocycles. The smallest absolute Gasteiger partial charge is 0.332 e. The Labute approximate surface area is 158 Å². The number of sulfone groups is 1. The summed E-state index contributed by atoms with van der Waals surface area (Å²) in [5.74, 6) is -1.89. The maximum atomic E-state index is 12.6. The number of rotatable bonds is 10. The fourth-order valence-corrected chi connectivity index (χ4v) is 11.0. The van der Waals surface area contributed by atoms with Crippen molar-refractivity contribution in [3.05, 3.63) is 35.9 Å². The molecule has 0 aliphatic heterocycles. The van der Waals surface area contributed by atoms with Crippen molar-refractivity contribution in [3.63, 3.8) is 0 Å². The number of carbonyl (C=O) groups is 1. The minimum Gasteiger partial charge on any atom is -0.479 e. The molecule has 0 amide bonds. The zero-order valence-electron chi connectivity index (χ0n) is 16.6. The van der Waals surface area contributed by atoms with Gasteiger partial charge in [-0.05, 0) is 22.2 Å². The van der Waals surface area contributed by atoms with E-state index in [2.05, 4.69) is 0 Å². The number of carboxylic acid groups (broad SMARTS) is 1. The number of aliphatic carboxylic acids is 1. The molecule has 5 nitrogen and oxygen atoms in total. The third-order valence-electron chi connectivity index (χ3n) is 4.96. The van der Waals surface area contributed by atoms with E-state index in [9.17, 15) is 18.3 Å². The van der Waals surface area contributed by atoms with Gasteiger partial charge < -0.3 is 9.53 Å². The number of benzene rings is 1. The molecule has 0 fully saturated rings. The van der Waals surface area contributed by atoms with E-state index < -0.39 is 36.0 Å². The first-order valence-corrected chi connectivity index (χ1v) is 13.0. The molecule has 148 valence electrons. The van der Waals surface area contributed by atoms with Crippen molar-refractivity contribution in [3.8, 4) is 0 Å². The maximum Gasteiger partial charge on any atom is 0.332 e. The molecule has 0 bridgehead atoms. The normalized spacial score (nSPS) is 14.2. The summed E-state index contributed by atoms with van der Waals surface area (Å²) < 4.78 is 31.4. The molecule has 1 atom stereocenters. The van der Waals surface area contributed by atoms with Gasteiger partial charge in [0.1, 0.15) is 0 Å². The lowest BCUT2D eigenvalue weighted by atomic mass is 10.2.